The van der Waals surface area contributed by atoms with Crippen LogP contribution in [0.3, 0.4) is 0 Å². The lowest BCUT2D eigenvalue weighted by molar-refractivity contribution is 0.0791. The number of hydrogen-bond acceptors (Lipinski definition) is 6. The molecular formula is C19H20N4O3. The summed E-state index contributed by atoms with van der Waals surface area (Å²) in [5, 5.41) is 3.53. The molecule has 2 aromatic rings. The Bertz CT molecular complexity index is 870. The van der Waals surface area contributed by atoms with Gasteiger partial charge in [-0.05, 0) is 43.9 Å². The van der Waals surface area contributed by atoms with Gasteiger partial charge in [-0.2, -0.15) is 0 Å². The molecule has 1 aromatic heterocycles. The molecule has 2 aliphatic heterocycles. The number of rotatable bonds is 3. The van der Waals surface area contributed by atoms with Crippen molar-refractivity contribution in [3.8, 4) is 11.5 Å². The van der Waals surface area contributed by atoms with Crippen LogP contribution in [0.1, 0.15) is 34.5 Å². The van der Waals surface area contributed by atoms with Gasteiger partial charge in [0.05, 0.1) is 0 Å². The number of anilines is 1. The van der Waals surface area contributed by atoms with Crippen LogP contribution in [0.4, 0.5) is 5.82 Å². The van der Waals surface area contributed by atoms with Crippen LogP contribution in [0, 0.1) is 0 Å². The number of fused-ring (bicyclic) bond motifs is 2. The van der Waals surface area contributed by atoms with E-state index in [2.05, 4.69) is 15.3 Å². The number of ether oxygens (including phenoxy) is 2. The van der Waals surface area contributed by atoms with Gasteiger partial charge in [-0.3, -0.25) is 4.79 Å². The standard InChI is InChI=1S/C19H20N4O3/c24-19(12-4-5-16-17(8-12)26-11-25-16)23-7-6-13(9-23)22-18-14-2-1-3-15(14)20-10-21-18/h4-5,8,10,13H,1-3,6-7,9,11H2,(H,20,21,22). The maximum absolute atomic E-state index is 12.8. The Morgan fingerprint density at radius 3 is 3.08 bits per heavy atom. The van der Waals surface area contributed by atoms with Crippen LogP contribution < -0.4 is 14.8 Å². The Hall–Kier alpha value is -2.83. The molecular weight excluding hydrogens is 332 g/mol. The van der Waals surface area contributed by atoms with Crippen LogP contribution in [0.15, 0.2) is 24.5 Å². The van der Waals surface area contributed by atoms with E-state index in [-0.39, 0.29) is 18.7 Å². The van der Waals surface area contributed by atoms with Crippen molar-refractivity contribution in [1.82, 2.24) is 14.9 Å². The molecule has 1 aromatic carbocycles. The van der Waals surface area contributed by atoms with Gasteiger partial charge in [-0.25, -0.2) is 9.97 Å². The zero-order valence-electron chi connectivity index (χ0n) is 14.4. The number of carbonyl (C=O) groups excluding carboxylic acids is 1. The van der Waals surface area contributed by atoms with Crippen molar-refractivity contribution >= 4 is 11.7 Å². The van der Waals surface area contributed by atoms with E-state index in [9.17, 15) is 4.79 Å². The molecule has 0 radical (unpaired) electrons. The molecule has 3 heterocycles. The number of nitrogens with one attached hydrogen (secondary N) is 1. The second-order valence-corrected chi connectivity index (χ2v) is 6.95. The van der Waals surface area contributed by atoms with Gasteiger partial charge < -0.3 is 19.7 Å². The molecule has 1 fully saturated rings. The Labute approximate surface area is 151 Å². The lowest BCUT2D eigenvalue weighted by atomic mass is 10.2. The van der Waals surface area contributed by atoms with Crippen LogP contribution in [-0.2, 0) is 12.8 Å². The predicted octanol–water partition coefficient (Wildman–Crippen LogP) is 2.02. The summed E-state index contributed by atoms with van der Waals surface area (Å²) in [6.07, 6.45) is 5.76. The third-order valence-corrected chi connectivity index (χ3v) is 5.31. The van der Waals surface area contributed by atoms with E-state index in [0.717, 1.165) is 43.7 Å². The number of likely N-dealkylation sites (tertiary alicyclic amines) is 1. The van der Waals surface area contributed by atoms with Crippen molar-refractivity contribution in [2.24, 2.45) is 0 Å². The molecule has 7 heteroatoms. The molecule has 1 N–H and O–H groups in total. The zero-order valence-corrected chi connectivity index (χ0v) is 14.4. The lowest BCUT2D eigenvalue weighted by Gasteiger charge is -2.18. The van der Waals surface area contributed by atoms with Crippen molar-refractivity contribution in [2.45, 2.75) is 31.7 Å². The minimum absolute atomic E-state index is 0.0283. The largest absolute Gasteiger partial charge is 0.454 e. The highest BCUT2D eigenvalue weighted by Crippen LogP contribution is 2.33. The molecule has 7 nitrogen and oxygen atoms in total. The van der Waals surface area contributed by atoms with Crippen molar-refractivity contribution < 1.29 is 14.3 Å². The summed E-state index contributed by atoms with van der Waals surface area (Å²) in [7, 11) is 0. The summed E-state index contributed by atoms with van der Waals surface area (Å²) >= 11 is 0. The molecule has 0 saturated carbocycles. The summed E-state index contributed by atoms with van der Waals surface area (Å²) in [5.74, 6) is 2.30. The molecule has 134 valence electrons. The van der Waals surface area contributed by atoms with Crippen molar-refractivity contribution in [3.63, 3.8) is 0 Å². The van der Waals surface area contributed by atoms with Crippen molar-refractivity contribution in [2.75, 3.05) is 25.2 Å². The average molecular weight is 352 g/mol. The van der Waals surface area contributed by atoms with Gasteiger partial charge in [0.1, 0.15) is 12.1 Å². The number of carbonyl (C=O) groups is 1. The monoisotopic (exact) mass is 352 g/mol. The van der Waals surface area contributed by atoms with E-state index in [0.29, 0.717) is 23.6 Å². The summed E-state index contributed by atoms with van der Waals surface area (Å²) in [5.41, 5.74) is 3.04. The van der Waals surface area contributed by atoms with Gasteiger partial charge in [0.25, 0.3) is 5.91 Å². The lowest BCUT2D eigenvalue weighted by Crippen LogP contribution is -2.31. The van der Waals surface area contributed by atoms with Crippen LogP contribution in [0.25, 0.3) is 0 Å². The summed E-state index contributed by atoms with van der Waals surface area (Å²) in [4.78, 5) is 23.5. The minimum atomic E-state index is 0.0283. The Kier molecular flexibility index (Phi) is 3.65. The average Bonchev–Trinajstić information content (AvgIpc) is 3.40. The fraction of sp³-hybridized carbons (Fsp3) is 0.421. The number of aromatic nitrogens is 2. The van der Waals surface area contributed by atoms with Crippen LogP contribution in [0.2, 0.25) is 0 Å². The maximum atomic E-state index is 12.8. The van der Waals surface area contributed by atoms with Gasteiger partial charge in [0, 0.05) is 36.0 Å². The number of hydrogen-bond donors (Lipinski definition) is 1. The molecule has 3 aliphatic rings. The fourth-order valence-electron chi connectivity index (χ4n) is 3.95. The molecule has 1 atom stereocenters. The van der Waals surface area contributed by atoms with Gasteiger partial charge in [0.2, 0.25) is 6.79 Å². The molecule has 0 spiro atoms. The molecule has 0 bridgehead atoms. The Morgan fingerprint density at radius 1 is 1.19 bits per heavy atom. The Morgan fingerprint density at radius 2 is 2.12 bits per heavy atom. The highest BCUT2D eigenvalue weighted by atomic mass is 16.7. The van der Waals surface area contributed by atoms with Gasteiger partial charge >= 0.3 is 0 Å². The minimum Gasteiger partial charge on any atom is -0.454 e. The second-order valence-electron chi connectivity index (χ2n) is 6.95. The number of amides is 1. The number of aryl methyl sites for hydroxylation is 1. The SMILES string of the molecule is O=C(c1ccc2c(c1)OCO2)N1CCC(Nc2ncnc3c2CCC3)C1. The smallest absolute Gasteiger partial charge is 0.254 e. The first-order valence-corrected chi connectivity index (χ1v) is 9.06. The van der Waals surface area contributed by atoms with Crippen molar-refractivity contribution in [3.05, 3.63) is 41.3 Å². The van der Waals surface area contributed by atoms with E-state index in [1.54, 1.807) is 24.5 Å². The van der Waals surface area contributed by atoms with Crippen molar-refractivity contribution in [1.29, 1.82) is 0 Å². The van der Waals surface area contributed by atoms with Gasteiger partial charge in [-0.1, -0.05) is 0 Å². The predicted molar refractivity (Wildman–Crippen MR) is 94.6 cm³/mol. The van der Waals surface area contributed by atoms with Gasteiger partial charge in [0.15, 0.2) is 11.5 Å². The second kappa shape index (κ2) is 6.16. The Balaban J connectivity index is 1.27. The number of benzene rings is 1. The third kappa shape index (κ3) is 2.64. The van der Waals surface area contributed by atoms with E-state index >= 15 is 0 Å². The van der Waals surface area contributed by atoms with Crippen LogP contribution in [0.5, 0.6) is 11.5 Å². The first kappa shape index (κ1) is 15.4. The van der Waals surface area contributed by atoms with E-state index < -0.39 is 0 Å². The highest BCUT2D eigenvalue weighted by molar-refractivity contribution is 5.95. The van der Waals surface area contributed by atoms with Gasteiger partial charge in [-0.15, -0.1) is 0 Å². The summed E-state index contributed by atoms with van der Waals surface area (Å²) in [6, 6.07) is 5.58. The van der Waals surface area contributed by atoms with Crippen LogP contribution in [-0.4, -0.2) is 46.7 Å². The molecule has 1 aliphatic carbocycles. The number of nitrogens with zero attached hydrogens (tertiary/aromatic N) is 3. The maximum Gasteiger partial charge on any atom is 0.254 e. The first-order valence-electron chi connectivity index (χ1n) is 9.06. The quantitative estimate of drug-likeness (QED) is 0.911. The molecule has 1 unspecified atom stereocenters. The summed E-state index contributed by atoms with van der Waals surface area (Å²) in [6.45, 7) is 1.62. The zero-order chi connectivity index (χ0) is 17.5. The van der Waals surface area contributed by atoms with E-state index in [1.807, 2.05) is 4.90 Å². The summed E-state index contributed by atoms with van der Waals surface area (Å²) < 4.78 is 10.7. The van der Waals surface area contributed by atoms with Crippen LogP contribution >= 0.6 is 0 Å². The molecule has 26 heavy (non-hydrogen) atoms. The van der Waals surface area contributed by atoms with E-state index in [4.69, 9.17) is 9.47 Å². The molecule has 5 rings (SSSR count). The van der Waals surface area contributed by atoms with E-state index in [1.165, 1.54) is 5.56 Å². The first-order chi connectivity index (χ1) is 12.8. The topological polar surface area (TPSA) is 76.6 Å². The molecule has 1 amide bonds. The highest BCUT2D eigenvalue weighted by Gasteiger charge is 2.29. The third-order valence-electron chi connectivity index (χ3n) is 5.31. The fourth-order valence-corrected chi connectivity index (χ4v) is 3.95. The molecule has 1 saturated heterocycles. The normalized spacial score (nSPS) is 20.3.